The molecule has 0 aliphatic heterocycles. The molecule has 0 radical (unpaired) electrons. The number of carbonyl (C=O) groups excluding carboxylic acids is 1. The summed E-state index contributed by atoms with van der Waals surface area (Å²) in [6.45, 7) is 0.306. The van der Waals surface area contributed by atoms with Crippen LogP contribution in [0, 0.1) is 0 Å². The summed E-state index contributed by atoms with van der Waals surface area (Å²) in [7, 11) is 1.59. The monoisotopic (exact) mass is 313 g/mol. The minimum atomic E-state index is -0.226. The first-order valence-corrected chi connectivity index (χ1v) is 6.96. The standard InChI is InChI=1S/C15H15N5O3/c1-22-12-5-2-4-11(8-12)15-17-19-20(18-15)10-14(21)16-9-13-6-3-7-23-13/h2-8H,9-10H2,1H3,(H,16,21). The lowest BCUT2D eigenvalue weighted by molar-refractivity contribution is -0.122. The van der Waals surface area contributed by atoms with Crippen molar-refractivity contribution < 1.29 is 13.9 Å². The van der Waals surface area contributed by atoms with Crippen LogP contribution in [0.1, 0.15) is 5.76 Å². The highest BCUT2D eigenvalue weighted by Crippen LogP contribution is 2.19. The molecule has 1 amide bonds. The maximum Gasteiger partial charge on any atom is 0.244 e. The molecule has 23 heavy (non-hydrogen) atoms. The van der Waals surface area contributed by atoms with E-state index in [1.54, 1.807) is 31.6 Å². The van der Waals surface area contributed by atoms with Crippen molar-refractivity contribution in [2.45, 2.75) is 13.1 Å². The Morgan fingerprint density at radius 3 is 3.04 bits per heavy atom. The Hall–Kier alpha value is -3.16. The van der Waals surface area contributed by atoms with Crippen LogP contribution in [0.25, 0.3) is 11.4 Å². The Labute approximate surface area is 132 Å². The van der Waals surface area contributed by atoms with E-state index in [2.05, 4.69) is 20.7 Å². The van der Waals surface area contributed by atoms with Crippen molar-refractivity contribution in [2.75, 3.05) is 7.11 Å². The third-order valence-electron chi connectivity index (χ3n) is 3.11. The van der Waals surface area contributed by atoms with Gasteiger partial charge < -0.3 is 14.5 Å². The number of hydrogen-bond donors (Lipinski definition) is 1. The van der Waals surface area contributed by atoms with E-state index in [1.165, 1.54) is 4.80 Å². The SMILES string of the molecule is COc1cccc(-c2nnn(CC(=O)NCc3ccco3)n2)c1. The smallest absolute Gasteiger partial charge is 0.244 e. The van der Waals surface area contributed by atoms with Crippen molar-refractivity contribution in [3.63, 3.8) is 0 Å². The Kier molecular flexibility index (Phi) is 4.32. The molecule has 118 valence electrons. The molecule has 0 saturated carbocycles. The first kappa shape index (κ1) is 14.8. The maximum atomic E-state index is 11.9. The molecule has 1 aromatic carbocycles. The zero-order valence-corrected chi connectivity index (χ0v) is 12.5. The van der Waals surface area contributed by atoms with Crippen LogP contribution < -0.4 is 10.1 Å². The number of amides is 1. The maximum absolute atomic E-state index is 11.9. The predicted octanol–water partition coefficient (Wildman–Crippen LogP) is 1.26. The molecule has 0 saturated heterocycles. The summed E-state index contributed by atoms with van der Waals surface area (Å²) in [6, 6.07) is 10.9. The van der Waals surface area contributed by atoms with Crippen molar-refractivity contribution in [3.05, 3.63) is 48.4 Å². The Balaban J connectivity index is 1.61. The van der Waals surface area contributed by atoms with Crippen LogP contribution in [0.15, 0.2) is 47.1 Å². The fourth-order valence-electron chi connectivity index (χ4n) is 1.97. The second-order valence-electron chi connectivity index (χ2n) is 4.73. The van der Waals surface area contributed by atoms with Crippen LogP contribution in [0.3, 0.4) is 0 Å². The lowest BCUT2D eigenvalue weighted by Crippen LogP contribution is -2.27. The summed E-state index contributed by atoms with van der Waals surface area (Å²) >= 11 is 0. The van der Waals surface area contributed by atoms with E-state index in [9.17, 15) is 4.79 Å². The lowest BCUT2D eigenvalue weighted by Gasteiger charge is -2.02. The molecule has 0 spiro atoms. The molecule has 3 aromatic rings. The van der Waals surface area contributed by atoms with Crippen molar-refractivity contribution in [1.82, 2.24) is 25.5 Å². The van der Waals surface area contributed by atoms with Crippen LogP contribution in [0.2, 0.25) is 0 Å². The molecule has 8 heteroatoms. The number of nitrogens with zero attached hydrogens (tertiary/aromatic N) is 4. The first-order valence-electron chi connectivity index (χ1n) is 6.96. The third kappa shape index (κ3) is 3.73. The van der Waals surface area contributed by atoms with Gasteiger partial charge in [0, 0.05) is 5.56 Å². The molecule has 3 rings (SSSR count). The summed E-state index contributed by atoms with van der Waals surface area (Å²) in [6.07, 6.45) is 1.56. The Morgan fingerprint density at radius 1 is 1.35 bits per heavy atom. The number of carbonyl (C=O) groups is 1. The average Bonchev–Trinajstić information content (AvgIpc) is 3.25. The third-order valence-corrected chi connectivity index (χ3v) is 3.11. The van der Waals surface area contributed by atoms with Gasteiger partial charge in [0.05, 0.1) is 19.9 Å². The highest BCUT2D eigenvalue weighted by molar-refractivity contribution is 5.75. The van der Waals surface area contributed by atoms with Crippen LogP contribution in [-0.4, -0.2) is 33.2 Å². The van der Waals surface area contributed by atoms with E-state index in [1.807, 2.05) is 18.2 Å². The van der Waals surface area contributed by atoms with Gasteiger partial charge in [0.25, 0.3) is 0 Å². The minimum Gasteiger partial charge on any atom is -0.497 e. The number of tetrazole rings is 1. The molecule has 0 aliphatic carbocycles. The Bertz CT molecular complexity index is 782. The highest BCUT2D eigenvalue weighted by atomic mass is 16.5. The number of hydrogen-bond acceptors (Lipinski definition) is 6. The zero-order chi connectivity index (χ0) is 16.1. The van der Waals surface area contributed by atoms with Gasteiger partial charge in [-0.3, -0.25) is 4.79 Å². The van der Waals surface area contributed by atoms with E-state index < -0.39 is 0 Å². The fourth-order valence-corrected chi connectivity index (χ4v) is 1.97. The highest BCUT2D eigenvalue weighted by Gasteiger charge is 2.10. The summed E-state index contributed by atoms with van der Waals surface area (Å²) in [4.78, 5) is 13.1. The summed E-state index contributed by atoms with van der Waals surface area (Å²) in [5.41, 5.74) is 0.770. The summed E-state index contributed by atoms with van der Waals surface area (Å²) in [5, 5.41) is 14.8. The van der Waals surface area contributed by atoms with Crippen molar-refractivity contribution in [1.29, 1.82) is 0 Å². The second-order valence-corrected chi connectivity index (χ2v) is 4.73. The van der Waals surface area contributed by atoms with Crippen LogP contribution in [-0.2, 0) is 17.9 Å². The quantitative estimate of drug-likeness (QED) is 0.736. The number of ether oxygens (including phenoxy) is 1. The van der Waals surface area contributed by atoms with Crippen LogP contribution in [0.5, 0.6) is 5.75 Å². The fraction of sp³-hybridized carbons (Fsp3) is 0.200. The van der Waals surface area contributed by atoms with Gasteiger partial charge in [-0.2, -0.15) is 4.80 Å². The number of nitrogens with one attached hydrogen (secondary N) is 1. The van der Waals surface area contributed by atoms with E-state index in [4.69, 9.17) is 9.15 Å². The lowest BCUT2D eigenvalue weighted by atomic mass is 10.2. The van der Waals surface area contributed by atoms with Crippen molar-refractivity contribution >= 4 is 5.91 Å². The molecule has 2 heterocycles. The van der Waals surface area contributed by atoms with Gasteiger partial charge in [0.15, 0.2) is 0 Å². The van der Waals surface area contributed by atoms with Gasteiger partial charge in [0.1, 0.15) is 18.1 Å². The van der Waals surface area contributed by atoms with E-state index in [-0.39, 0.29) is 12.5 Å². The number of benzene rings is 1. The van der Waals surface area contributed by atoms with Gasteiger partial charge in [-0.05, 0) is 29.5 Å². The predicted molar refractivity (Wildman–Crippen MR) is 80.4 cm³/mol. The van der Waals surface area contributed by atoms with Crippen molar-refractivity contribution in [2.24, 2.45) is 0 Å². The van der Waals surface area contributed by atoms with Gasteiger partial charge in [-0.15, -0.1) is 10.2 Å². The topological polar surface area (TPSA) is 95.1 Å². The van der Waals surface area contributed by atoms with Gasteiger partial charge in [0.2, 0.25) is 11.7 Å². The minimum absolute atomic E-state index is 0.0162. The number of methoxy groups -OCH3 is 1. The first-order chi connectivity index (χ1) is 11.2. The van der Waals surface area contributed by atoms with E-state index in [0.29, 0.717) is 23.9 Å². The van der Waals surface area contributed by atoms with Crippen molar-refractivity contribution in [3.8, 4) is 17.1 Å². The molecular weight excluding hydrogens is 298 g/mol. The van der Waals surface area contributed by atoms with Gasteiger partial charge >= 0.3 is 0 Å². The summed E-state index contributed by atoms with van der Waals surface area (Å²) < 4.78 is 10.3. The second kappa shape index (κ2) is 6.73. The van der Waals surface area contributed by atoms with Gasteiger partial charge in [-0.1, -0.05) is 12.1 Å². The Morgan fingerprint density at radius 2 is 2.26 bits per heavy atom. The van der Waals surface area contributed by atoms with E-state index >= 15 is 0 Å². The average molecular weight is 313 g/mol. The zero-order valence-electron chi connectivity index (χ0n) is 12.5. The largest absolute Gasteiger partial charge is 0.497 e. The number of furan rings is 1. The van der Waals surface area contributed by atoms with Crippen LogP contribution >= 0.6 is 0 Å². The molecule has 0 bridgehead atoms. The molecule has 0 aliphatic rings. The van der Waals surface area contributed by atoms with E-state index in [0.717, 1.165) is 5.56 Å². The molecule has 0 fully saturated rings. The normalized spacial score (nSPS) is 10.5. The molecule has 8 nitrogen and oxygen atoms in total. The molecule has 0 unspecified atom stereocenters. The van der Waals surface area contributed by atoms with Crippen LogP contribution in [0.4, 0.5) is 0 Å². The molecule has 0 atom stereocenters. The summed E-state index contributed by atoms with van der Waals surface area (Å²) in [5.74, 6) is 1.59. The molecular formula is C15H15N5O3. The molecule has 2 aromatic heterocycles. The van der Waals surface area contributed by atoms with Gasteiger partial charge in [-0.25, -0.2) is 0 Å². The number of aromatic nitrogens is 4. The number of rotatable bonds is 6. The molecule has 1 N–H and O–H groups in total.